The Hall–Kier alpha value is -2.46. The Bertz CT molecular complexity index is 662. The number of hydrogen-bond acceptors (Lipinski definition) is 4. The Balaban J connectivity index is 2.20. The number of nitrogens with one attached hydrogen (secondary N) is 1. The van der Waals surface area contributed by atoms with Crippen LogP contribution in [0.15, 0.2) is 24.3 Å². The zero-order valence-electron chi connectivity index (χ0n) is 13.3. The van der Waals surface area contributed by atoms with Crippen LogP contribution in [0.5, 0.6) is 0 Å². The van der Waals surface area contributed by atoms with Crippen LogP contribution >= 0.6 is 0 Å². The number of nitrogens with zero attached hydrogens (tertiary/aromatic N) is 1. The summed E-state index contributed by atoms with van der Waals surface area (Å²) in [7, 11) is 0. The van der Waals surface area contributed by atoms with Crippen LogP contribution in [0.2, 0.25) is 0 Å². The quantitative estimate of drug-likeness (QED) is 0.853. The van der Waals surface area contributed by atoms with Crippen molar-refractivity contribution < 1.29 is 23.8 Å². The molecule has 1 aliphatic rings. The second-order valence-electron chi connectivity index (χ2n) is 6.24. The molecule has 2 rings (SSSR count). The van der Waals surface area contributed by atoms with Crippen LogP contribution in [0.25, 0.3) is 0 Å². The fraction of sp³-hybridized carbons (Fsp3) is 0.471. The average Bonchev–Trinajstić information content (AvgIpc) is 2.57. The van der Waals surface area contributed by atoms with Crippen molar-refractivity contribution >= 4 is 11.9 Å². The Morgan fingerprint density at radius 2 is 2.12 bits per heavy atom. The summed E-state index contributed by atoms with van der Waals surface area (Å²) in [4.78, 5) is 24.3. The van der Waals surface area contributed by atoms with Crippen molar-refractivity contribution in [1.29, 1.82) is 5.26 Å². The monoisotopic (exact) mass is 334 g/mol. The summed E-state index contributed by atoms with van der Waals surface area (Å²) in [5, 5.41) is 21.4. The Morgan fingerprint density at radius 3 is 2.62 bits per heavy atom. The molecule has 7 heteroatoms. The molecule has 24 heavy (non-hydrogen) atoms. The molecular weight excluding hydrogens is 315 g/mol. The molecule has 1 fully saturated rings. The highest BCUT2D eigenvalue weighted by Crippen LogP contribution is 2.29. The first kappa shape index (κ1) is 17.9. The molecule has 6 nitrogen and oxygen atoms in total. The molecule has 0 aliphatic carbocycles. The van der Waals surface area contributed by atoms with Gasteiger partial charge < -0.3 is 15.2 Å². The molecule has 1 aromatic rings. The summed E-state index contributed by atoms with van der Waals surface area (Å²) < 4.78 is 18.2. The van der Waals surface area contributed by atoms with Gasteiger partial charge in [0.15, 0.2) is 5.41 Å². The minimum Gasteiger partial charge on any atom is -0.480 e. The van der Waals surface area contributed by atoms with Crippen molar-refractivity contribution in [2.24, 2.45) is 5.41 Å². The predicted molar refractivity (Wildman–Crippen MR) is 82.4 cm³/mol. The summed E-state index contributed by atoms with van der Waals surface area (Å²) in [5.74, 6) is -2.32. The van der Waals surface area contributed by atoms with E-state index in [0.717, 1.165) is 0 Å². The number of hydrogen-bond donors (Lipinski definition) is 2. The predicted octanol–water partition coefficient (Wildman–Crippen LogP) is 1.65. The molecule has 1 heterocycles. The van der Waals surface area contributed by atoms with E-state index in [1.807, 2.05) is 6.07 Å². The SMILES string of the molecule is CC(Cc1ccc(F)cc1)(NC(=O)C1(C#N)CCCOC1)C(=O)O. The van der Waals surface area contributed by atoms with Crippen molar-refractivity contribution in [3.8, 4) is 6.07 Å². The molecule has 0 bridgehead atoms. The molecule has 1 aromatic carbocycles. The van der Waals surface area contributed by atoms with Gasteiger partial charge in [-0.25, -0.2) is 9.18 Å². The summed E-state index contributed by atoms with van der Waals surface area (Å²) in [6.45, 7) is 1.79. The Kier molecular flexibility index (Phi) is 5.20. The molecule has 0 aromatic heterocycles. The minimum atomic E-state index is -1.61. The second-order valence-corrected chi connectivity index (χ2v) is 6.24. The van der Waals surface area contributed by atoms with Crippen molar-refractivity contribution in [3.05, 3.63) is 35.6 Å². The van der Waals surface area contributed by atoms with Gasteiger partial charge >= 0.3 is 5.97 Å². The van der Waals surface area contributed by atoms with E-state index in [9.17, 15) is 24.3 Å². The minimum absolute atomic E-state index is 0.0310. The highest BCUT2D eigenvalue weighted by molar-refractivity contribution is 5.91. The first-order chi connectivity index (χ1) is 11.3. The van der Waals surface area contributed by atoms with E-state index < -0.39 is 28.6 Å². The van der Waals surface area contributed by atoms with Crippen molar-refractivity contribution in [2.75, 3.05) is 13.2 Å². The Labute approximate surface area is 139 Å². The van der Waals surface area contributed by atoms with Gasteiger partial charge in [-0.1, -0.05) is 12.1 Å². The third-order valence-corrected chi connectivity index (χ3v) is 4.22. The van der Waals surface area contributed by atoms with Gasteiger partial charge in [0, 0.05) is 13.0 Å². The van der Waals surface area contributed by atoms with Gasteiger partial charge in [-0.3, -0.25) is 4.79 Å². The van der Waals surface area contributed by atoms with Crippen LogP contribution in [0, 0.1) is 22.6 Å². The van der Waals surface area contributed by atoms with Gasteiger partial charge in [-0.05, 0) is 37.5 Å². The zero-order chi connectivity index (χ0) is 17.8. The van der Waals surface area contributed by atoms with Crippen molar-refractivity contribution in [2.45, 2.75) is 31.7 Å². The molecule has 0 spiro atoms. The van der Waals surface area contributed by atoms with Crippen molar-refractivity contribution in [3.63, 3.8) is 0 Å². The van der Waals surface area contributed by atoms with E-state index in [0.29, 0.717) is 25.0 Å². The maximum atomic E-state index is 13.0. The molecule has 0 radical (unpaired) electrons. The molecule has 2 unspecified atom stereocenters. The van der Waals surface area contributed by atoms with Gasteiger partial charge in [0.2, 0.25) is 5.91 Å². The van der Waals surface area contributed by atoms with E-state index in [4.69, 9.17) is 4.74 Å². The molecule has 1 aliphatic heterocycles. The molecule has 128 valence electrons. The van der Waals surface area contributed by atoms with Crippen LogP contribution < -0.4 is 5.32 Å². The van der Waals surface area contributed by atoms with E-state index in [1.165, 1.54) is 31.2 Å². The highest BCUT2D eigenvalue weighted by Gasteiger charge is 2.45. The summed E-state index contributed by atoms with van der Waals surface area (Å²) in [6, 6.07) is 7.35. The van der Waals surface area contributed by atoms with Gasteiger partial charge in [0.1, 0.15) is 11.4 Å². The number of ether oxygens (including phenoxy) is 1. The van der Waals surface area contributed by atoms with Crippen LogP contribution in [0.4, 0.5) is 4.39 Å². The van der Waals surface area contributed by atoms with Crippen molar-refractivity contribution in [1.82, 2.24) is 5.32 Å². The topological polar surface area (TPSA) is 99.4 Å². The molecule has 1 amide bonds. The largest absolute Gasteiger partial charge is 0.480 e. The summed E-state index contributed by atoms with van der Waals surface area (Å²) >= 11 is 0. The van der Waals surface area contributed by atoms with Crippen LogP contribution in [-0.2, 0) is 20.7 Å². The normalized spacial score (nSPS) is 22.9. The van der Waals surface area contributed by atoms with E-state index in [-0.39, 0.29) is 13.0 Å². The third kappa shape index (κ3) is 3.71. The fourth-order valence-electron chi connectivity index (χ4n) is 2.67. The summed E-state index contributed by atoms with van der Waals surface area (Å²) in [6.07, 6.45) is 0.848. The maximum absolute atomic E-state index is 13.0. The number of aliphatic carboxylic acids is 1. The van der Waals surface area contributed by atoms with Crippen LogP contribution in [0.3, 0.4) is 0 Å². The number of amides is 1. The van der Waals surface area contributed by atoms with Crippen LogP contribution in [0.1, 0.15) is 25.3 Å². The number of carboxylic acids is 1. The molecule has 2 N–H and O–H groups in total. The van der Waals surface area contributed by atoms with Gasteiger partial charge in [0.25, 0.3) is 0 Å². The van der Waals surface area contributed by atoms with Gasteiger partial charge in [0.05, 0.1) is 12.7 Å². The lowest BCUT2D eigenvalue weighted by Gasteiger charge is -2.34. The second kappa shape index (κ2) is 6.97. The number of benzene rings is 1. The number of halogens is 1. The molecule has 1 saturated heterocycles. The van der Waals surface area contributed by atoms with Gasteiger partial charge in [-0.2, -0.15) is 5.26 Å². The average molecular weight is 334 g/mol. The van der Waals surface area contributed by atoms with Gasteiger partial charge in [-0.15, -0.1) is 0 Å². The number of nitriles is 1. The maximum Gasteiger partial charge on any atom is 0.329 e. The molecule has 0 saturated carbocycles. The smallest absolute Gasteiger partial charge is 0.329 e. The van der Waals surface area contributed by atoms with Crippen LogP contribution in [-0.4, -0.2) is 35.7 Å². The van der Waals surface area contributed by atoms with E-state index >= 15 is 0 Å². The third-order valence-electron chi connectivity index (χ3n) is 4.22. The number of carbonyl (C=O) groups excluding carboxylic acids is 1. The lowest BCUT2D eigenvalue weighted by atomic mass is 9.81. The highest BCUT2D eigenvalue weighted by atomic mass is 19.1. The van der Waals surface area contributed by atoms with E-state index in [1.54, 1.807) is 0 Å². The number of rotatable bonds is 5. The molecule has 2 atom stereocenters. The lowest BCUT2D eigenvalue weighted by Crippen LogP contribution is -2.58. The zero-order valence-corrected chi connectivity index (χ0v) is 13.3. The number of carbonyl (C=O) groups is 2. The van der Waals surface area contributed by atoms with E-state index in [2.05, 4.69) is 5.32 Å². The number of carboxylic acid groups (broad SMARTS) is 1. The standard InChI is InChI=1S/C17H19FN2O4/c1-16(15(22)23,9-12-3-5-13(18)6-4-12)20-14(21)17(10-19)7-2-8-24-11-17/h3-6H,2,7-9,11H2,1H3,(H,20,21)(H,22,23). The molecular formula is C17H19FN2O4. The fourth-order valence-corrected chi connectivity index (χ4v) is 2.67. The summed E-state index contributed by atoms with van der Waals surface area (Å²) in [5.41, 5.74) is -2.43. The first-order valence-corrected chi connectivity index (χ1v) is 7.61. The Morgan fingerprint density at radius 1 is 1.46 bits per heavy atom. The lowest BCUT2D eigenvalue weighted by molar-refractivity contribution is -0.149. The first-order valence-electron chi connectivity index (χ1n) is 7.61.